The summed E-state index contributed by atoms with van der Waals surface area (Å²) < 4.78 is 14.7. The van der Waals surface area contributed by atoms with Crippen LogP contribution in [0.25, 0.3) is 0 Å². The number of anilines is 2. The number of aryl methyl sites for hydroxylation is 1. The molecule has 2 amide bonds. The summed E-state index contributed by atoms with van der Waals surface area (Å²) in [6, 6.07) is 31.7. The van der Waals surface area contributed by atoms with Gasteiger partial charge in [0.2, 0.25) is 5.91 Å². The molecule has 1 aromatic heterocycles. The van der Waals surface area contributed by atoms with Gasteiger partial charge in [0.05, 0.1) is 51.7 Å². The zero-order chi connectivity index (χ0) is 38.5. The Balaban J connectivity index is 1.15. The third kappa shape index (κ3) is 6.46. The highest BCUT2D eigenvalue weighted by Crippen LogP contribution is 2.60. The van der Waals surface area contributed by atoms with E-state index in [1.807, 2.05) is 101 Å². The number of nitrogens with zero attached hydrogens (tertiary/aromatic N) is 5. The van der Waals surface area contributed by atoms with E-state index in [0.717, 1.165) is 33.8 Å². The van der Waals surface area contributed by atoms with E-state index >= 15 is 4.79 Å². The summed E-state index contributed by atoms with van der Waals surface area (Å²) in [6.45, 7) is 8.35. The van der Waals surface area contributed by atoms with E-state index in [1.165, 1.54) is 5.19 Å². The molecule has 1 unspecified atom stereocenters. The molecule has 10 nitrogen and oxygen atoms in total. The number of β-lactam (4-membered cyclic amide) rings is 1. The van der Waals surface area contributed by atoms with Crippen LogP contribution in [0.5, 0.6) is 5.75 Å². The lowest BCUT2D eigenvalue weighted by Crippen LogP contribution is -2.51. The van der Waals surface area contributed by atoms with Crippen LogP contribution in [0.1, 0.15) is 48.1 Å². The number of fused-ring (bicyclic) bond motifs is 2. The lowest BCUT2D eigenvalue weighted by atomic mass is 9.82. The molecule has 5 atom stereocenters. The van der Waals surface area contributed by atoms with Gasteiger partial charge in [-0.25, -0.2) is 0 Å². The van der Waals surface area contributed by atoms with Crippen molar-refractivity contribution in [1.29, 1.82) is 0 Å². The number of methoxy groups -OCH3 is 1. The number of aliphatic hydroxyl groups is 1. The first-order chi connectivity index (χ1) is 26.5. The number of amides is 2. The Morgan fingerprint density at radius 3 is 2.49 bits per heavy atom. The first-order valence-electron chi connectivity index (χ1n) is 18.9. The van der Waals surface area contributed by atoms with Crippen molar-refractivity contribution in [2.75, 3.05) is 30.1 Å². The van der Waals surface area contributed by atoms with E-state index in [4.69, 9.17) is 21.1 Å². The predicted molar refractivity (Wildman–Crippen MR) is 216 cm³/mol. The van der Waals surface area contributed by atoms with Crippen molar-refractivity contribution in [3.63, 3.8) is 0 Å². The molecular weight excluding hydrogens is 730 g/mol. The highest BCUT2D eigenvalue weighted by atomic mass is 35.5. The van der Waals surface area contributed by atoms with E-state index in [0.29, 0.717) is 43.2 Å². The van der Waals surface area contributed by atoms with Gasteiger partial charge in [0, 0.05) is 47.9 Å². The topological polar surface area (TPSA) is 110 Å². The average molecular weight is 776 g/mol. The van der Waals surface area contributed by atoms with Crippen LogP contribution in [0.3, 0.4) is 0 Å². The number of aliphatic hydroxyl groups excluding tert-OH is 1. The molecule has 284 valence electrons. The summed E-state index contributed by atoms with van der Waals surface area (Å²) >= 11 is 6.73. The average Bonchev–Trinajstić information content (AvgIpc) is 3.84. The summed E-state index contributed by atoms with van der Waals surface area (Å²) in [4.78, 5) is 31.1. The van der Waals surface area contributed by atoms with Gasteiger partial charge in [-0.3, -0.25) is 14.3 Å². The van der Waals surface area contributed by atoms with Crippen LogP contribution in [0.15, 0.2) is 103 Å². The van der Waals surface area contributed by atoms with Crippen LogP contribution < -0.4 is 19.7 Å². The van der Waals surface area contributed by atoms with Gasteiger partial charge in [-0.2, -0.15) is 0 Å². The van der Waals surface area contributed by atoms with Crippen LogP contribution in [0.2, 0.25) is 23.7 Å². The second kappa shape index (κ2) is 14.7. The summed E-state index contributed by atoms with van der Waals surface area (Å²) in [7, 11) is -0.718. The maximum Gasteiger partial charge on any atom is 0.264 e. The summed E-state index contributed by atoms with van der Waals surface area (Å²) in [5, 5.41) is 21.0. The quantitative estimate of drug-likeness (QED) is 0.112. The van der Waals surface area contributed by atoms with Gasteiger partial charge in [-0.15, -0.1) is 5.10 Å². The number of aromatic nitrogens is 3. The highest BCUT2D eigenvalue weighted by molar-refractivity contribution is 6.91. The highest BCUT2D eigenvalue weighted by Gasteiger charge is 2.66. The summed E-state index contributed by atoms with van der Waals surface area (Å²) in [6.07, 6.45) is 2.75. The van der Waals surface area contributed by atoms with Crippen molar-refractivity contribution in [3.05, 3.63) is 131 Å². The van der Waals surface area contributed by atoms with Gasteiger partial charge < -0.3 is 24.4 Å². The van der Waals surface area contributed by atoms with Crippen molar-refractivity contribution >= 4 is 48.1 Å². The molecule has 0 bridgehead atoms. The van der Waals surface area contributed by atoms with E-state index in [2.05, 4.69) is 42.5 Å². The molecule has 3 aliphatic heterocycles. The minimum Gasteiger partial charge on any atom is -0.497 e. The maximum absolute atomic E-state index is 15.3. The van der Waals surface area contributed by atoms with Gasteiger partial charge >= 0.3 is 0 Å². The summed E-state index contributed by atoms with van der Waals surface area (Å²) in [5.74, 6) is 0.304. The molecule has 2 fully saturated rings. The van der Waals surface area contributed by atoms with Crippen LogP contribution in [0.4, 0.5) is 11.4 Å². The molecule has 1 spiro atoms. The van der Waals surface area contributed by atoms with E-state index in [-0.39, 0.29) is 41.9 Å². The van der Waals surface area contributed by atoms with Crippen molar-refractivity contribution < 1.29 is 24.2 Å². The number of carbonyl (C=O) groups excluding carboxylic acids is 2. The molecule has 5 aromatic rings. The second-order valence-electron chi connectivity index (χ2n) is 15.5. The van der Waals surface area contributed by atoms with Gasteiger partial charge in [0.1, 0.15) is 5.75 Å². The number of ether oxygens (including phenoxy) is 2. The molecule has 55 heavy (non-hydrogen) atoms. The lowest BCUT2D eigenvalue weighted by Gasteiger charge is -2.37. The summed E-state index contributed by atoms with van der Waals surface area (Å²) in [5.41, 5.74) is 3.77. The van der Waals surface area contributed by atoms with Gasteiger partial charge in [0.25, 0.3) is 5.91 Å². The van der Waals surface area contributed by atoms with E-state index in [9.17, 15) is 9.90 Å². The number of hydrogen-bond donors (Lipinski definition) is 1. The van der Waals surface area contributed by atoms with E-state index < -0.39 is 13.7 Å². The molecule has 4 aromatic carbocycles. The van der Waals surface area contributed by atoms with Crippen molar-refractivity contribution in [1.82, 2.24) is 15.0 Å². The number of halogens is 1. The van der Waals surface area contributed by atoms with Gasteiger partial charge in [-0.05, 0) is 65.6 Å². The minimum absolute atomic E-state index is 0.0230. The lowest BCUT2D eigenvalue weighted by molar-refractivity contribution is -0.146. The Kier molecular flexibility index (Phi) is 9.91. The van der Waals surface area contributed by atoms with Crippen molar-refractivity contribution in [3.8, 4) is 5.75 Å². The molecule has 4 heterocycles. The SMILES string of the molecule is COc1ccc([Si](C)(C)[C@H]2[C@H](CCn3cc(C(CO)c4ccccc4)nn3)O[C@@]3(C(=O)N(Cc4cccc(N5CCC5=O)c4)c4ccc(Cl)cc43)[C@@H]2C)cc1. The van der Waals surface area contributed by atoms with Crippen LogP contribution in [-0.4, -0.2) is 66.4 Å². The fraction of sp³-hybridized carbons (Fsp3) is 0.349. The molecular formula is C43H46ClN5O5Si. The molecule has 3 aliphatic rings. The molecule has 12 heteroatoms. The van der Waals surface area contributed by atoms with E-state index in [1.54, 1.807) is 12.0 Å². The zero-order valence-corrected chi connectivity index (χ0v) is 33.3. The molecule has 1 N–H and O–H groups in total. The molecule has 0 aliphatic carbocycles. The third-order valence-corrected chi connectivity index (χ3v) is 16.7. The Morgan fingerprint density at radius 1 is 1.02 bits per heavy atom. The molecule has 2 saturated heterocycles. The molecule has 0 saturated carbocycles. The maximum atomic E-state index is 15.3. The molecule has 8 rings (SSSR count). The fourth-order valence-electron chi connectivity index (χ4n) is 9.20. The van der Waals surface area contributed by atoms with Crippen molar-refractivity contribution in [2.24, 2.45) is 5.92 Å². The van der Waals surface area contributed by atoms with Crippen molar-refractivity contribution in [2.45, 2.75) is 69.1 Å². The van der Waals surface area contributed by atoms with Crippen LogP contribution in [0, 0.1) is 5.92 Å². The number of rotatable bonds is 12. The molecule has 0 radical (unpaired) electrons. The first-order valence-corrected chi connectivity index (χ1v) is 22.4. The Hall–Kier alpha value is -4.81. The first kappa shape index (κ1) is 37.1. The number of carbonyl (C=O) groups is 2. The Morgan fingerprint density at radius 2 is 1.80 bits per heavy atom. The zero-order valence-electron chi connectivity index (χ0n) is 31.6. The fourth-order valence-corrected chi connectivity index (χ4v) is 13.4. The van der Waals surface area contributed by atoms with Crippen LogP contribution in [-0.2, 0) is 33.0 Å². The number of benzene rings is 4. The normalized spacial score (nSPS) is 22.6. The largest absolute Gasteiger partial charge is 0.497 e. The third-order valence-electron chi connectivity index (χ3n) is 12.2. The monoisotopic (exact) mass is 775 g/mol. The second-order valence-corrected chi connectivity index (χ2v) is 20.6. The minimum atomic E-state index is -2.39. The number of hydrogen-bond acceptors (Lipinski definition) is 7. The van der Waals surface area contributed by atoms with Crippen LogP contribution >= 0.6 is 11.6 Å². The smallest absolute Gasteiger partial charge is 0.264 e. The Bertz CT molecular complexity index is 2210. The standard InChI is InChI=1S/C43H46ClN5O5Si/c1-28-41(55(3,4)34-16-14-33(53-2)15-17-34)39(19-21-47-26-37(45-46-47)35(27-50)30-10-6-5-7-11-30)54-43(28)36-24-31(44)13-18-38(36)49(42(43)52)25-29-9-8-12-32(23-29)48-22-20-40(48)51/h5-18,23-24,26,28,35,39,41,50H,19-22,25,27H2,1-4H3/t28-,35?,39+,41-,43+/m1/s1. The van der Waals surface area contributed by atoms with Gasteiger partial charge in [-0.1, -0.05) is 96.6 Å². The predicted octanol–water partition coefficient (Wildman–Crippen LogP) is 6.65. The van der Waals surface area contributed by atoms with Gasteiger partial charge in [0.15, 0.2) is 5.60 Å². The Labute approximate surface area is 327 Å².